The van der Waals surface area contributed by atoms with E-state index in [4.69, 9.17) is 0 Å². The molecule has 0 heterocycles. The number of benzene rings is 2. The first-order valence-electron chi connectivity index (χ1n) is 8.59. The molecule has 1 aliphatic rings. The molecule has 2 aromatic carbocycles. The summed E-state index contributed by atoms with van der Waals surface area (Å²) in [5, 5.41) is 53.4. The van der Waals surface area contributed by atoms with Crippen molar-refractivity contribution in [2.45, 2.75) is 0 Å². The average molecular weight is 446 g/mol. The largest absolute Gasteiger partial charge is 3.00 e. The first-order chi connectivity index (χ1) is 14.6. The van der Waals surface area contributed by atoms with Crippen LogP contribution in [-0.2, 0) is 9.59 Å². The molecule has 0 radical (unpaired) electrons. The molecule has 0 spiro atoms. The van der Waals surface area contributed by atoms with E-state index in [9.17, 15) is 44.7 Å². The van der Waals surface area contributed by atoms with Gasteiger partial charge in [0, 0.05) is 16.7 Å². The van der Waals surface area contributed by atoms with E-state index in [1.807, 2.05) is 0 Å². The third-order valence-electron chi connectivity index (χ3n) is 4.50. The van der Waals surface area contributed by atoms with Crippen molar-refractivity contribution in [3.8, 4) is 11.5 Å². The van der Waals surface area contributed by atoms with Crippen LogP contribution in [0.1, 0.15) is 31.8 Å². The molecule has 0 atom stereocenters. The molecule has 10 heteroatoms. The van der Waals surface area contributed by atoms with Gasteiger partial charge >= 0.3 is 17.4 Å². The van der Waals surface area contributed by atoms with Crippen molar-refractivity contribution in [1.82, 2.24) is 0 Å². The molecule has 3 rings (SSSR count). The van der Waals surface area contributed by atoms with Gasteiger partial charge in [0.15, 0.2) is 5.78 Å². The zero-order valence-electron chi connectivity index (χ0n) is 16.0. The Morgan fingerprint density at radius 1 is 0.719 bits per heavy atom. The molecule has 2 N–H and O–H groups in total. The van der Waals surface area contributed by atoms with E-state index in [1.54, 1.807) is 0 Å². The normalized spacial score (nSPS) is 12.6. The number of phenols is 2. The van der Waals surface area contributed by atoms with Gasteiger partial charge < -0.3 is 39.9 Å². The van der Waals surface area contributed by atoms with Gasteiger partial charge in [-0.3, -0.25) is 4.79 Å². The van der Waals surface area contributed by atoms with Crippen LogP contribution < -0.4 is 15.3 Å². The van der Waals surface area contributed by atoms with Gasteiger partial charge in [-0.2, -0.15) is 0 Å². The molecular formula is C22H11AlO9. The summed E-state index contributed by atoms with van der Waals surface area (Å²) in [5.41, 5.74) is -1.38. The Hall–Kier alpha value is -4.13. The molecule has 0 aliphatic heterocycles. The van der Waals surface area contributed by atoms with Crippen molar-refractivity contribution in [2.24, 2.45) is 0 Å². The van der Waals surface area contributed by atoms with Crippen molar-refractivity contribution in [1.29, 1.82) is 0 Å². The van der Waals surface area contributed by atoms with Crippen LogP contribution in [0.4, 0.5) is 0 Å². The molecule has 9 nitrogen and oxygen atoms in total. The number of hydrogen-bond acceptors (Lipinski definition) is 9. The number of carbonyl (C=O) groups is 4. The summed E-state index contributed by atoms with van der Waals surface area (Å²) in [4.78, 5) is 45.7. The van der Waals surface area contributed by atoms with Gasteiger partial charge in [-0.1, -0.05) is 18.2 Å². The quantitative estimate of drug-likeness (QED) is 0.391. The Labute approximate surface area is 191 Å². The van der Waals surface area contributed by atoms with Crippen LogP contribution in [0.25, 0.3) is 5.57 Å². The molecular weight excluding hydrogens is 435 g/mol. The maximum Gasteiger partial charge on any atom is 3.00 e. The van der Waals surface area contributed by atoms with E-state index >= 15 is 0 Å². The predicted octanol–water partition coefficient (Wildman–Crippen LogP) is -1.94. The number of aromatic carboxylic acids is 2. The topological polar surface area (TPSA) is 178 Å². The Balaban J connectivity index is 0.00000363. The zero-order chi connectivity index (χ0) is 22.9. The Bertz CT molecular complexity index is 1190. The molecule has 0 saturated heterocycles. The maximum absolute atomic E-state index is 11.8. The van der Waals surface area contributed by atoms with Crippen LogP contribution in [0, 0.1) is 0 Å². The van der Waals surface area contributed by atoms with Crippen LogP contribution in [0.15, 0.2) is 65.8 Å². The van der Waals surface area contributed by atoms with Crippen LogP contribution in [0.5, 0.6) is 11.5 Å². The summed E-state index contributed by atoms with van der Waals surface area (Å²) in [5.74, 6) is -7.13. The standard InChI is InChI=1S/C22H14O9.Al/c23-16-4-1-10(7-13(16)20(26)27)19(11-2-5-17(24)14(8-11)21(28)29)12-3-6-18(25)15(9-12)22(30)31;/h1-9,23-24H,(H,26,27)(H,28,29)(H,30,31);/q;+3/p-3. The van der Waals surface area contributed by atoms with Gasteiger partial charge in [0.2, 0.25) is 0 Å². The summed E-state index contributed by atoms with van der Waals surface area (Å²) < 4.78 is 0. The Morgan fingerprint density at radius 3 is 1.59 bits per heavy atom. The second kappa shape index (κ2) is 9.35. The molecule has 2 aromatic rings. The molecule has 0 bridgehead atoms. The van der Waals surface area contributed by atoms with Crippen LogP contribution in [0.3, 0.4) is 0 Å². The Morgan fingerprint density at radius 2 is 1.19 bits per heavy atom. The minimum atomic E-state index is -1.74. The molecule has 0 unspecified atom stereocenters. The third-order valence-corrected chi connectivity index (χ3v) is 4.50. The van der Waals surface area contributed by atoms with Gasteiger partial charge in [-0.15, -0.1) is 0 Å². The number of aromatic hydroxyl groups is 2. The van der Waals surface area contributed by atoms with Crippen molar-refractivity contribution < 1.29 is 44.7 Å². The number of carbonyl (C=O) groups excluding carboxylic acids is 4. The van der Waals surface area contributed by atoms with Gasteiger partial charge in [0.05, 0.1) is 17.9 Å². The molecule has 156 valence electrons. The summed E-state index contributed by atoms with van der Waals surface area (Å²) >= 11 is 0. The summed E-state index contributed by atoms with van der Waals surface area (Å²) in [6.07, 6.45) is 3.20. The number of rotatable bonds is 5. The molecule has 0 aromatic heterocycles. The fourth-order valence-electron chi connectivity index (χ4n) is 3.06. The second-order valence-electron chi connectivity index (χ2n) is 6.41. The molecule has 0 fully saturated rings. The van der Waals surface area contributed by atoms with Crippen LogP contribution in [0.2, 0.25) is 0 Å². The SMILES string of the molecule is O=C([O-])C1=CC(=C(c2ccc(O)c(C(=O)[O-])c2)c2ccc(O)c(C(=O)[O-])c2)C=CC1=O.[Al+3]. The fraction of sp³-hybridized carbons (Fsp3) is 0. The zero-order valence-corrected chi connectivity index (χ0v) is 17.2. The van der Waals surface area contributed by atoms with Crippen molar-refractivity contribution in [3.05, 3.63) is 88.0 Å². The average Bonchev–Trinajstić information content (AvgIpc) is 2.71. The monoisotopic (exact) mass is 446 g/mol. The van der Waals surface area contributed by atoms with Gasteiger partial charge in [0.1, 0.15) is 11.5 Å². The molecule has 32 heavy (non-hydrogen) atoms. The Kier molecular flexibility index (Phi) is 7.05. The van der Waals surface area contributed by atoms with Crippen molar-refractivity contribution in [2.75, 3.05) is 0 Å². The van der Waals surface area contributed by atoms with Gasteiger partial charge in [0.25, 0.3) is 0 Å². The minimum Gasteiger partial charge on any atom is -0.545 e. The molecule has 1 aliphatic carbocycles. The second-order valence-corrected chi connectivity index (χ2v) is 6.41. The van der Waals surface area contributed by atoms with E-state index in [0.717, 1.165) is 36.4 Å². The number of hydrogen-bond donors (Lipinski definition) is 2. The van der Waals surface area contributed by atoms with Gasteiger partial charge in [-0.25, -0.2) is 0 Å². The van der Waals surface area contributed by atoms with E-state index in [1.165, 1.54) is 18.2 Å². The summed E-state index contributed by atoms with van der Waals surface area (Å²) in [6.45, 7) is 0. The predicted molar refractivity (Wildman–Crippen MR) is 104 cm³/mol. The number of ketones is 1. The number of allylic oxidation sites excluding steroid dienone is 4. The summed E-state index contributed by atoms with van der Waals surface area (Å²) in [6, 6.07) is 6.79. The third kappa shape index (κ3) is 4.62. The first-order valence-corrected chi connectivity index (χ1v) is 8.59. The maximum atomic E-state index is 11.8. The smallest absolute Gasteiger partial charge is 0.545 e. The van der Waals surface area contributed by atoms with E-state index < -0.39 is 51.9 Å². The minimum absolute atomic E-state index is 0. The molecule has 0 amide bonds. The fourth-order valence-corrected chi connectivity index (χ4v) is 3.06. The van der Waals surface area contributed by atoms with Gasteiger partial charge in [-0.05, 0) is 58.7 Å². The first kappa shape index (κ1) is 24.1. The van der Waals surface area contributed by atoms with Crippen LogP contribution >= 0.6 is 0 Å². The molecule has 0 saturated carbocycles. The number of carboxylic acids is 3. The van der Waals surface area contributed by atoms with E-state index in [2.05, 4.69) is 0 Å². The van der Waals surface area contributed by atoms with E-state index in [-0.39, 0.29) is 39.6 Å². The van der Waals surface area contributed by atoms with Crippen LogP contribution in [-0.4, -0.2) is 51.3 Å². The van der Waals surface area contributed by atoms with Crippen molar-refractivity contribution >= 4 is 46.6 Å². The summed E-state index contributed by atoms with van der Waals surface area (Å²) in [7, 11) is 0. The number of carboxylic acid groups (broad SMARTS) is 3. The van der Waals surface area contributed by atoms with Crippen molar-refractivity contribution in [3.63, 3.8) is 0 Å². The number of aliphatic carboxylic acids is 1. The van der Waals surface area contributed by atoms with E-state index in [0.29, 0.717) is 0 Å².